The second-order valence-electron chi connectivity index (χ2n) is 6.18. The first kappa shape index (κ1) is 19.9. The van der Waals surface area contributed by atoms with Crippen LogP contribution in [0.3, 0.4) is 0 Å². The molecule has 5 nitrogen and oxygen atoms in total. The van der Waals surface area contributed by atoms with Gasteiger partial charge in [-0.15, -0.1) is 0 Å². The number of nitrogens with one attached hydrogen (secondary N) is 1. The van der Waals surface area contributed by atoms with Crippen LogP contribution in [0.2, 0.25) is 0 Å². The summed E-state index contributed by atoms with van der Waals surface area (Å²) < 4.78 is 39.0. The van der Waals surface area contributed by atoms with E-state index in [4.69, 9.17) is 0 Å². The fourth-order valence-electron chi connectivity index (χ4n) is 2.61. The first-order valence-electron chi connectivity index (χ1n) is 8.24. The second kappa shape index (κ2) is 8.31. The molecule has 140 valence electrons. The lowest BCUT2D eigenvalue weighted by Gasteiger charge is -2.24. The summed E-state index contributed by atoms with van der Waals surface area (Å²) in [6.07, 6.45) is 1.40. The summed E-state index contributed by atoms with van der Waals surface area (Å²) in [7, 11) is -3.62. The molecule has 7 heteroatoms. The molecule has 0 unspecified atom stereocenters. The molecule has 0 aliphatic rings. The van der Waals surface area contributed by atoms with Gasteiger partial charge in [-0.2, -0.15) is 0 Å². The zero-order valence-electron chi connectivity index (χ0n) is 15.1. The molecular weight excluding hydrogens is 355 g/mol. The minimum absolute atomic E-state index is 0.226. The molecule has 0 aliphatic carbocycles. The van der Waals surface area contributed by atoms with Crippen LogP contribution in [0.5, 0.6) is 0 Å². The highest BCUT2D eigenvalue weighted by Crippen LogP contribution is 2.24. The third kappa shape index (κ3) is 5.05. The summed E-state index contributed by atoms with van der Waals surface area (Å²) in [5.74, 6) is -0.762. The quantitative estimate of drug-likeness (QED) is 0.805. The summed E-state index contributed by atoms with van der Waals surface area (Å²) >= 11 is 0. The van der Waals surface area contributed by atoms with E-state index in [1.54, 1.807) is 30.3 Å². The van der Waals surface area contributed by atoms with Crippen molar-refractivity contribution in [1.29, 1.82) is 0 Å². The van der Waals surface area contributed by atoms with Crippen LogP contribution in [0.25, 0.3) is 0 Å². The van der Waals surface area contributed by atoms with Gasteiger partial charge in [0.2, 0.25) is 15.9 Å². The van der Waals surface area contributed by atoms with Crippen molar-refractivity contribution in [2.24, 2.45) is 0 Å². The predicted molar refractivity (Wildman–Crippen MR) is 101 cm³/mol. The van der Waals surface area contributed by atoms with Crippen LogP contribution in [-0.4, -0.2) is 33.7 Å². The Bertz CT molecular complexity index is 897. The number of carbonyl (C=O) groups excluding carboxylic acids is 1. The van der Waals surface area contributed by atoms with E-state index in [1.807, 2.05) is 19.9 Å². The summed E-state index contributed by atoms with van der Waals surface area (Å²) in [6.45, 7) is 3.61. The van der Waals surface area contributed by atoms with E-state index in [0.717, 1.165) is 21.7 Å². The largest absolute Gasteiger partial charge is 0.354 e. The number of sulfonamides is 1. The average Bonchev–Trinajstić information content (AvgIpc) is 2.56. The van der Waals surface area contributed by atoms with E-state index in [1.165, 1.54) is 6.07 Å². The zero-order chi connectivity index (χ0) is 19.3. The molecule has 26 heavy (non-hydrogen) atoms. The fraction of sp³-hybridized carbons (Fsp3) is 0.316. The van der Waals surface area contributed by atoms with Crippen molar-refractivity contribution in [3.05, 3.63) is 65.0 Å². The monoisotopic (exact) mass is 378 g/mol. The van der Waals surface area contributed by atoms with Gasteiger partial charge in [0.25, 0.3) is 0 Å². The minimum Gasteiger partial charge on any atom is -0.354 e. The third-order valence-electron chi connectivity index (χ3n) is 4.21. The summed E-state index contributed by atoms with van der Waals surface area (Å²) in [6, 6.07) is 11.7. The lowest BCUT2D eigenvalue weighted by atomic mass is 10.1. The Morgan fingerprint density at radius 3 is 2.46 bits per heavy atom. The summed E-state index contributed by atoms with van der Waals surface area (Å²) in [5.41, 5.74) is 2.73. The van der Waals surface area contributed by atoms with E-state index in [2.05, 4.69) is 5.32 Å². The predicted octanol–water partition coefficient (Wildman–Crippen LogP) is 2.57. The smallest absolute Gasteiger partial charge is 0.240 e. The number of hydrogen-bond donors (Lipinski definition) is 1. The highest BCUT2D eigenvalue weighted by atomic mass is 32.2. The fourth-order valence-corrected chi connectivity index (χ4v) is 3.52. The zero-order valence-corrected chi connectivity index (χ0v) is 15.9. The van der Waals surface area contributed by atoms with Gasteiger partial charge in [-0.1, -0.05) is 30.3 Å². The maximum atomic E-state index is 13.6. The Morgan fingerprint density at radius 1 is 1.12 bits per heavy atom. The number of halogens is 1. The average molecular weight is 378 g/mol. The molecule has 0 saturated heterocycles. The number of carbonyl (C=O) groups is 1. The van der Waals surface area contributed by atoms with Crippen molar-refractivity contribution in [3.63, 3.8) is 0 Å². The Balaban J connectivity index is 2.06. The number of hydrogen-bond acceptors (Lipinski definition) is 3. The molecule has 0 saturated carbocycles. The highest BCUT2D eigenvalue weighted by Gasteiger charge is 2.22. The first-order chi connectivity index (χ1) is 12.2. The maximum absolute atomic E-state index is 13.6. The van der Waals surface area contributed by atoms with Crippen molar-refractivity contribution in [2.75, 3.05) is 23.7 Å². The molecule has 1 N–H and O–H groups in total. The number of rotatable bonds is 7. The Morgan fingerprint density at radius 2 is 1.81 bits per heavy atom. The van der Waals surface area contributed by atoms with Gasteiger partial charge in [-0.25, -0.2) is 12.8 Å². The number of benzene rings is 2. The molecule has 0 spiro atoms. The molecule has 0 radical (unpaired) electrons. The molecule has 0 aliphatic heterocycles. The van der Waals surface area contributed by atoms with E-state index < -0.39 is 15.9 Å². The van der Waals surface area contributed by atoms with Crippen LogP contribution in [0.15, 0.2) is 42.5 Å². The molecule has 0 atom stereocenters. The summed E-state index contributed by atoms with van der Waals surface area (Å²) in [4.78, 5) is 12.2. The van der Waals surface area contributed by atoms with Gasteiger partial charge in [0, 0.05) is 6.54 Å². The van der Waals surface area contributed by atoms with Crippen molar-refractivity contribution in [1.82, 2.24) is 5.32 Å². The lowest BCUT2D eigenvalue weighted by molar-refractivity contribution is -0.119. The standard InChI is InChI=1S/C19H23FN2O3S/c1-14-7-6-10-18(15(14)2)22(26(3,24)25)13-19(23)21-12-11-16-8-4-5-9-17(16)20/h4-10H,11-13H2,1-3H3,(H,21,23). The number of amides is 1. The number of nitrogens with zero attached hydrogens (tertiary/aromatic N) is 1. The Hall–Kier alpha value is -2.41. The van der Waals surface area contributed by atoms with Gasteiger partial charge in [-0.3, -0.25) is 9.10 Å². The van der Waals surface area contributed by atoms with Crippen LogP contribution >= 0.6 is 0 Å². The van der Waals surface area contributed by atoms with Gasteiger partial charge in [0.05, 0.1) is 11.9 Å². The van der Waals surface area contributed by atoms with Crippen LogP contribution in [0, 0.1) is 19.7 Å². The topological polar surface area (TPSA) is 66.5 Å². The third-order valence-corrected chi connectivity index (χ3v) is 5.33. The number of aryl methyl sites for hydroxylation is 1. The van der Waals surface area contributed by atoms with E-state index in [9.17, 15) is 17.6 Å². The van der Waals surface area contributed by atoms with Gasteiger partial charge in [0.15, 0.2) is 0 Å². The molecule has 2 aromatic rings. The van der Waals surface area contributed by atoms with Gasteiger partial charge >= 0.3 is 0 Å². The van der Waals surface area contributed by atoms with Crippen LogP contribution < -0.4 is 9.62 Å². The minimum atomic E-state index is -3.62. The lowest BCUT2D eigenvalue weighted by Crippen LogP contribution is -2.41. The second-order valence-corrected chi connectivity index (χ2v) is 8.09. The van der Waals surface area contributed by atoms with Crippen molar-refractivity contribution in [2.45, 2.75) is 20.3 Å². The molecular formula is C19H23FN2O3S. The molecule has 0 bridgehead atoms. The molecule has 0 heterocycles. The Labute approximate surface area is 153 Å². The molecule has 1 amide bonds. The van der Waals surface area contributed by atoms with Crippen LogP contribution in [0.4, 0.5) is 10.1 Å². The molecule has 2 aromatic carbocycles. The van der Waals surface area contributed by atoms with E-state index >= 15 is 0 Å². The summed E-state index contributed by atoms with van der Waals surface area (Å²) in [5, 5.41) is 2.65. The van der Waals surface area contributed by atoms with Gasteiger partial charge in [0.1, 0.15) is 12.4 Å². The molecule has 0 aromatic heterocycles. The molecule has 0 fully saturated rings. The van der Waals surface area contributed by atoms with Crippen molar-refractivity contribution < 1.29 is 17.6 Å². The molecule has 2 rings (SSSR count). The highest BCUT2D eigenvalue weighted by molar-refractivity contribution is 7.92. The van der Waals surface area contributed by atoms with E-state index in [0.29, 0.717) is 17.7 Å². The van der Waals surface area contributed by atoms with Crippen molar-refractivity contribution >= 4 is 21.6 Å². The SMILES string of the molecule is Cc1cccc(N(CC(=O)NCCc2ccccc2F)S(C)(=O)=O)c1C. The van der Waals surface area contributed by atoms with Crippen LogP contribution in [0.1, 0.15) is 16.7 Å². The first-order valence-corrected chi connectivity index (χ1v) is 10.1. The maximum Gasteiger partial charge on any atom is 0.240 e. The number of anilines is 1. The van der Waals surface area contributed by atoms with E-state index in [-0.39, 0.29) is 18.9 Å². The van der Waals surface area contributed by atoms with Crippen LogP contribution in [-0.2, 0) is 21.2 Å². The normalized spacial score (nSPS) is 11.2. The van der Waals surface area contributed by atoms with Gasteiger partial charge < -0.3 is 5.32 Å². The van der Waals surface area contributed by atoms with Crippen molar-refractivity contribution in [3.8, 4) is 0 Å². The van der Waals surface area contributed by atoms with Gasteiger partial charge in [-0.05, 0) is 49.1 Å². The Kier molecular flexibility index (Phi) is 6.37.